The van der Waals surface area contributed by atoms with Gasteiger partial charge in [-0.2, -0.15) is 0 Å². The molecule has 80 valence electrons. The van der Waals surface area contributed by atoms with Crippen LogP contribution in [0.2, 0.25) is 0 Å². The molecule has 0 unspecified atom stereocenters. The molecule has 0 aliphatic rings. The topological polar surface area (TPSA) is 68.9 Å². The van der Waals surface area contributed by atoms with E-state index in [0.29, 0.717) is 11.3 Å². The zero-order valence-electron chi connectivity index (χ0n) is 8.22. The molecular weight excluding hydrogens is 270 g/mol. The molecule has 0 bridgehead atoms. The Labute approximate surface area is 101 Å². The Morgan fingerprint density at radius 2 is 2.12 bits per heavy atom. The molecule has 1 aromatic heterocycles. The lowest BCUT2D eigenvalue weighted by atomic mass is 10.1. The van der Waals surface area contributed by atoms with E-state index >= 15 is 0 Å². The summed E-state index contributed by atoms with van der Waals surface area (Å²) >= 11 is 3.29. The van der Waals surface area contributed by atoms with Gasteiger partial charge < -0.3 is 5.73 Å². The first-order chi connectivity index (χ1) is 7.68. The van der Waals surface area contributed by atoms with Crippen molar-refractivity contribution in [3.63, 3.8) is 0 Å². The van der Waals surface area contributed by atoms with Gasteiger partial charge >= 0.3 is 0 Å². The van der Waals surface area contributed by atoms with E-state index in [1.54, 1.807) is 18.2 Å². The summed E-state index contributed by atoms with van der Waals surface area (Å²) in [5.41, 5.74) is 6.88. The minimum absolute atomic E-state index is 0.230. The van der Waals surface area contributed by atoms with Gasteiger partial charge in [-0.25, -0.2) is 4.98 Å². The smallest absolute Gasteiger partial charge is 0.215 e. The Morgan fingerprint density at radius 1 is 1.31 bits per heavy atom. The van der Waals surface area contributed by atoms with Crippen molar-refractivity contribution >= 4 is 27.4 Å². The van der Waals surface area contributed by atoms with E-state index in [0.717, 1.165) is 4.47 Å². The normalized spacial score (nSPS) is 10.1. The molecule has 0 saturated carbocycles. The van der Waals surface area contributed by atoms with Crippen LogP contribution in [0.4, 0.5) is 5.69 Å². The number of carbonyl (C=O) groups is 1. The highest BCUT2D eigenvalue weighted by molar-refractivity contribution is 9.10. The number of hydrogen-bond donors (Lipinski definition) is 1. The number of hydrogen-bond acceptors (Lipinski definition) is 4. The van der Waals surface area contributed by atoms with E-state index in [1.165, 1.54) is 18.6 Å². The lowest BCUT2D eigenvalue weighted by Gasteiger charge is -2.04. The summed E-state index contributed by atoms with van der Waals surface area (Å²) in [4.78, 5) is 19.8. The minimum Gasteiger partial charge on any atom is -0.398 e. The molecule has 0 aliphatic heterocycles. The molecule has 2 N–H and O–H groups in total. The number of nitrogen functional groups attached to an aromatic ring is 1. The molecule has 2 rings (SSSR count). The summed E-state index contributed by atoms with van der Waals surface area (Å²) in [5, 5.41) is 0. The Morgan fingerprint density at radius 3 is 2.81 bits per heavy atom. The number of halogens is 1. The van der Waals surface area contributed by atoms with Crippen molar-refractivity contribution in [2.24, 2.45) is 0 Å². The van der Waals surface area contributed by atoms with Gasteiger partial charge in [0.05, 0.1) is 6.20 Å². The van der Waals surface area contributed by atoms with Crippen LogP contribution < -0.4 is 5.73 Å². The predicted octanol–water partition coefficient (Wildman–Crippen LogP) is 2.05. The Hall–Kier alpha value is -1.75. The first kappa shape index (κ1) is 10.8. The summed E-state index contributed by atoms with van der Waals surface area (Å²) in [6, 6.07) is 5.13. The number of ketones is 1. The van der Waals surface area contributed by atoms with E-state index in [-0.39, 0.29) is 11.5 Å². The molecule has 0 radical (unpaired) electrons. The van der Waals surface area contributed by atoms with Gasteiger partial charge in [-0.1, -0.05) is 15.9 Å². The lowest BCUT2D eigenvalue weighted by molar-refractivity contribution is 0.103. The van der Waals surface area contributed by atoms with Crippen LogP contribution in [0.5, 0.6) is 0 Å². The van der Waals surface area contributed by atoms with Crippen LogP contribution in [-0.4, -0.2) is 15.8 Å². The van der Waals surface area contributed by atoms with Gasteiger partial charge in [-0.15, -0.1) is 0 Å². The number of nitrogens with zero attached hydrogens (tertiary/aromatic N) is 2. The van der Waals surface area contributed by atoms with Gasteiger partial charge in [0.25, 0.3) is 0 Å². The van der Waals surface area contributed by atoms with Crippen molar-refractivity contribution in [1.29, 1.82) is 0 Å². The van der Waals surface area contributed by atoms with E-state index < -0.39 is 0 Å². The zero-order chi connectivity index (χ0) is 11.5. The first-order valence-corrected chi connectivity index (χ1v) is 5.33. The molecule has 0 amide bonds. The molecule has 2 aromatic rings. The average molecular weight is 278 g/mol. The van der Waals surface area contributed by atoms with E-state index in [2.05, 4.69) is 25.9 Å². The van der Waals surface area contributed by atoms with Crippen LogP contribution in [-0.2, 0) is 0 Å². The summed E-state index contributed by atoms with van der Waals surface area (Å²) in [6.45, 7) is 0. The number of benzene rings is 1. The highest BCUT2D eigenvalue weighted by atomic mass is 79.9. The third-order valence-corrected chi connectivity index (χ3v) is 2.55. The quantitative estimate of drug-likeness (QED) is 0.674. The lowest BCUT2D eigenvalue weighted by Crippen LogP contribution is -2.07. The van der Waals surface area contributed by atoms with Crippen LogP contribution in [0.3, 0.4) is 0 Å². The molecule has 1 heterocycles. The van der Waals surface area contributed by atoms with Crippen molar-refractivity contribution in [1.82, 2.24) is 9.97 Å². The fourth-order valence-corrected chi connectivity index (χ4v) is 1.64. The molecule has 1 aromatic carbocycles. The van der Waals surface area contributed by atoms with Crippen LogP contribution in [0.25, 0.3) is 0 Å². The summed E-state index contributed by atoms with van der Waals surface area (Å²) in [7, 11) is 0. The molecule has 0 atom stereocenters. The second-order valence-electron chi connectivity index (χ2n) is 3.15. The van der Waals surface area contributed by atoms with Gasteiger partial charge in [0.2, 0.25) is 5.78 Å². The highest BCUT2D eigenvalue weighted by Gasteiger charge is 2.13. The first-order valence-electron chi connectivity index (χ1n) is 4.54. The van der Waals surface area contributed by atoms with Crippen LogP contribution in [0.1, 0.15) is 16.1 Å². The van der Waals surface area contributed by atoms with Crippen molar-refractivity contribution in [2.45, 2.75) is 0 Å². The van der Waals surface area contributed by atoms with E-state index in [4.69, 9.17) is 5.73 Å². The van der Waals surface area contributed by atoms with Crippen LogP contribution in [0.15, 0.2) is 41.3 Å². The van der Waals surface area contributed by atoms with Gasteiger partial charge in [0, 0.05) is 28.1 Å². The predicted molar refractivity (Wildman–Crippen MR) is 64.0 cm³/mol. The molecule has 16 heavy (non-hydrogen) atoms. The minimum atomic E-state index is -0.230. The zero-order valence-corrected chi connectivity index (χ0v) is 9.81. The standard InChI is InChI=1S/C11H8BrN3O/c12-7-1-2-9(13)8(5-7)11(16)10-6-14-3-4-15-10/h1-6H,13H2. The monoisotopic (exact) mass is 277 g/mol. The molecule has 0 spiro atoms. The molecule has 5 heteroatoms. The number of carbonyl (C=O) groups excluding carboxylic acids is 1. The highest BCUT2D eigenvalue weighted by Crippen LogP contribution is 2.20. The third-order valence-electron chi connectivity index (χ3n) is 2.06. The van der Waals surface area contributed by atoms with Gasteiger partial charge in [-0.05, 0) is 18.2 Å². The third kappa shape index (κ3) is 2.09. The van der Waals surface area contributed by atoms with Crippen molar-refractivity contribution in [3.05, 3.63) is 52.5 Å². The number of rotatable bonds is 2. The molecular formula is C11H8BrN3O. The maximum absolute atomic E-state index is 12.0. The van der Waals surface area contributed by atoms with Crippen LogP contribution >= 0.6 is 15.9 Å². The van der Waals surface area contributed by atoms with Gasteiger partial charge in [0.1, 0.15) is 5.69 Å². The maximum Gasteiger partial charge on any atom is 0.215 e. The van der Waals surface area contributed by atoms with Crippen molar-refractivity contribution in [3.8, 4) is 0 Å². The summed E-state index contributed by atoms with van der Waals surface area (Å²) in [5.74, 6) is -0.230. The Balaban J connectivity index is 2.46. The fourth-order valence-electron chi connectivity index (χ4n) is 1.28. The maximum atomic E-state index is 12.0. The van der Waals surface area contributed by atoms with Gasteiger partial charge in [0.15, 0.2) is 0 Å². The average Bonchev–Trinajstić information content (AvgIpc) is 2.32. The van der Waals surface area contributed by atoms with E-state index in [1.807, 2.05) is 0 Å². The van der Waals surface area contributed by atoms with Crippen molar-refractivity contribution in [2.75, 3.05) is 5.73 Å². The number of aromatic nitrogens is 2. The fraction of sp³-hybridized carbons (Fsp3) is 0. The second kappa shape index (κ2) is 4.40. The molecule has 0 saturated heterocycles. The summed E-state index contributed by atoms with van der Waals surface area (Å²) in [6.07, 6.45) is 4.41. The SMILES string of the molecule is Nc1ccc(Br)cc1C(=O)c1cnccn1. The Bertz CT molecular complexity index is 528. The number of nitrogens with two attached hydrogens (primary N) is 1. The largest absolute Gasteiger partial charge is 0.398 e. The van der Waals surface area contributed by atoms with Crippen molar-refractivity contribution < 1.29 is 4.79 Å². The second-order valence-corrected chi connectivity index (χ2v) is 4.07. The van der Waals surface area contributed by atoms with E-state index in [9.17, 15) is 4.79 Å². The molecule has 4 nitrogen and oxygen atoms in total. The summed E-state index contributed by atoms with van der Waals surface area (Å²) < 4.78 is 0.800. The molecule has 0 fully saturated rings. The van der Waals surface area contributed by atoms with Crippen LogP contribution in [0, 0.1) is 0 Å². The molecule has 0 aliphatic carbocycles. The van der Waals surface area contributed by atoms with Gasteiger partial charge in [-0.3, -0.25) is 9.78 Å². The number of anilines is 1. The Kier molecular flexibility index (Phi) is 2.96.